The molecule has 2 aromatic heterocycles. The van der Waals surface area contributed by atoms with Crippen LogP contribution in [0.1, 0.15) is 45.2 Å². The van der Waals surface area contributed by atoms with Crippen LogP contribution in [0.5, 0.6) is 0 Å². The van der Waals surface area contributed by atoms with Crippen molar-refractivity contribution < 1.29 is 18.0 Å². The fraction of sp³-hybridized carbons (Fsp3) is 0.500. The van der Waals surface area contributed by atoms with Crippen LogP contribution in [0.3, 0.4) is 0 Å². The number of imidazole rings is 1. The topological polar surface area (TPSA) is 59.8 Å². The van der Waals surface area contributed by atoms with Crippen molar-refractivity contribution in [1.82, 2.24) is 14.5 Å². The van der Waals surface area contributed by atoms with Gasteiger partial charge in [-0.15, -0.1) is 0 Å². The third kappa shape index (κ3) is 2.96. The summed E-state index contributed by atoms with van der Waals surface area (Å²) >= 11 is 0. The lowest BCUT2D eigenvalue weighted by Gasteiger charge is -2.60. The number of hydrogen-bond acceptors (Lipinski definition) is 3. The van der Waals surface area contributed by atoms with E-state index in [1.807, 2.05) is 0 Å². The van der Waals surface area contributed by atoms with Gasteiger partial charge in [0.15, 0.2) is 5.65 Å². The summed E-state index contributed by atoms with van der Waals surface area (Å²) in [6, 6.07) is 2.20. The van der Waals surface area contributed by atoms with E-state index in [4.69, 9.17) is 0 Å². The summed E-state index contributed by atoms with van der Waals surface area (Å²) in [5.74, 6) is 1.70. The van der Waals surface area contributed by atoms with Gasteiger partial charge in [-0.05, 0) is 66.7 Å². The van der Waals surface area contributed by atoms with Gasteiger partial charge in [-0.25, -0.2) is 9.97 Å². The van der Waals surface area contributed by atoms with E-state index in [2.05, 4.69) is 29.1 Å². The van der Waals surface area contributed by atoms with Crippen molar-refractivity contribution in [3.63, 3.8) is 0 Å². The average molecular weight is 416 g/mol. The smallest absolute Gasteiger partial charge is 0.296 e. The largest absolute Gasteiger partial charge is 0.433 e. The third-order valence-electron chi connectivity index (χ3n) is 7.29. The minimum absolute atomic E-state index is 0.0800. The zero-order valence-electron chi connectivity index (χ0n) is 16.8. The maximum absolute atomic E-state index is 13.1. The Balaban J connectivity index is 1.42. The lowest BCUT2D eigenvalue weighted by molar-refractivity contribution is -0.141. The maximum Gasteiger partial charge on any atom is 0.433 e. The first-order chi connectivity index (χ1) is 14.1. The van der Waals surface area contributed by atoms with Crippen molar-refractivity contribution in [3.8, 4) is 0 Å². The van der Waals surface area contributed by atoms with Gasteiger partial charge in [0.2, 0.25) is 11.9 Å². The molecule has 8 heteroatoms. The molecule has 5 nitrogen and oxygen atoms in total. The molecule has 0 aromatic carbocycles. The molecule has 4 aliphatic rings. The zero-order valence-corrected chi connectivity index (χ0v) is 16.8. The molecule has 1 N–H and O–H groups in total. The monoisotopic (exact) mass is 416 g/mol. The fourth-order valence-electron chi connectivity index (χ4n) is 5.40. The Labute approximate surface area is 172 Å². The Morgan fingerprint density at radius 1 is 1.27 bits per heavy atom. The molecule has 1 amide bonds. The molecule has 3 saturated carbocycles. The summed E-state index contributed by atoms with van der Waals surface area (Å²) in [5.41, 5.74) is 0.328. The van der Waals surface area contributed by atoms with Crippen molar-refractivity contribution in [2.24, 2.45) is 23.2 Å². The van der Waals surface area contributed by atoms with Crippen LogP contribution < -0.4 is 5.32 Å². The second-order valence-electron chi connectivity index (χ2n) is 9.21. The number of halogens is 3. The molecule has 2 heterocycles. The maximum atomic E-state index is 13.1. The van der Waals surface area contributed by atoms with E-state index < -0.39 is 11.9 Å². The first-order valence-corrected chi connectivity index (χ1v) is 10.3. The number of hydrogen-bond donors (Lipinski definition) is 1. The normalized spacial score (nSPS) is 26.7. The molecular formula is C22H23F3N4O. The van der Waals surface area contributed by atoms with E-state index in [9.17, 15) is 18.0 Å². The molecule has 3 fully saturated rings. The van der Waals surface area contributed by atoms with E-state index in [1.165, 1.54) is 17.1 Å². The number of alkyl halides is 3. The molecule has 0 aliphatic heterocycles. The number of aromatic nitrogens is 3. The molecule has 158 valence electrons. The van der Waals surface area contributed by atoms with E-state index in [1.54, 1.807) is 18.2 Å². The van der Waals surface area contributed by atoms with Gasteiger partial charge in [0.1, 0.15) is 11.2 Å². The van der Waals surface area contributed by atoms with Gasteiger partial charge in [-0.3, -0.25) is 14.7 Å². The van der Waals surface area contributed by atoms with Gasteiger partial charge >= 0.3 is 6.18 Å². The van der Waals surface area contributed by atoms with E-state index in [0.717, 1.165) is 24.8 Å². The molecule has 2 aromatic rings. The van der Waals surface area contributed by atoms with E-state index >= 15 is 0 Å². The van der Waals surface area contributed by atoms with Gasteiger partial charge in [-0.2, -0.15) is 13.2 Å². The van der Waals surface area contributed by atoms with Crippen molar-refractivity contribution in [1.29, 1.82) is 0 Å². The molecule has 30 heavy (non-hydrogen) atoms. The van der Waals surface area contributed by atoms with Crippen molar-refractivity contribution >= 4 is 28.7 Å². The van der Waals surface area contributed by atoms with Crippen LogP contribution in [-0.2, 0) is 11.0 Å². The lowest BCUT2D eigenvalue weighted by atomic mass is 9.45. The summed E-state index contributed by atoms with van der Waals surface area (Å²) in [6.45, 7) is 4.57. The third-order valence-corrected chi connectivity index (χ3v) is 7.29. The van der Waals surface area contributed by atoms with E-state index in [-0.39, 0.29) is 22.9 Å². The number of carbonyl (C=O) groups excluding carboxylic acids is 1. The van der Waals surface area contributed by atoms with Crippen molar-refractivity contribution in [2.75, 3.05) is 5.32 Å². The second-order valence-corrected chi connectivity index (χ2v) is 9.21. The number of pyridine rings is 1. The molecule has 0 radical (unpaired) electrons. The van der Waals surface area contributed by atoms with Gasteiger partial charge in [0, 0.05) is 6.42 Å². The fourth-order valence-corrected chi connectivity index (χ4v) is 5.40. The molecule has 6 rings (SSSR count). The van der Waals surface area contributed by atoms with Crippen LogP contribution in [0.25, 0.3) is 16.9 Å². The van der Waals surface area contributed by atoms with Crippen molar-refractivity contribution in [2.45, 2.75) is 45.7 Å². The Morgan fingerprint density at radius 3 is 2.63 bits per heavy atom. The highest BCUT2D eigenvalue weighted by Gasteiger charge is 2.54. The Bertz CT molecular complexity index is 1090. The second kappa shape index (κ2) is 6.43. The minimum atomic E-state index is -4.55. The molecule has 3 atom stereocenters. The molecule has 2 bridgehead atoms. The van der Waals surface area contributed by atoms with Crippen LogP contribution in [0.15, 0.2) is 30.4 Å². The van der Waals surface area contributed by atoms with Crippen LogP contribution >= 0.6 is 0 Å². The molecule has 0 spiro atoms. The molecule has 0 unspecified atom stereocenters. The zero-order chi connectivity index (χ0) is 21.3. The number of rotatable bonds is 4. The van der Waals surface area contributed by atoms with Crippen LogP contribution in [0, 0.1) is 23.2 Å². The Kier molecular flexibility index (Phi) is 4.14. The summed E-state index contributed by atoms with van der Waals surface area (Å²) in [4.78, 5) is 21.0. The number of nitrogens with zero attached hydrogens (tertiary/aromatic N) is 3. The number of anilines is 1. The predicted octanol–water partition coefficient (Wildman–Crippen LogP) is 5.26. The number of nitrogens with one attached hydrogen (secondary N) is 1. The first-order valence-electron chi connectivity index (χ1n) is 10.3. The van der Waals surface area contributed by atoms with Crippen LogP contribution in [0.4, 0.5) is 19.1 Å². The summed E-state index contributed by atoms with van der Waals surface area (Å²) in [7, 11) is 0. The summed E-state index contributed by atoms with van der Waals surface area (Å²) < 4.78 is 40.9. The first kappa shape index (κ1) is 19.3. The Hall–Kier alpha value is -2.64. The van der Waals surface area contributed by atoms with Gasteiger partial charge < -0.3 is 0 Å². The highest BCUT2D eigenvalue weighted by atomic mass is 19.4. The van der Waals surface area contributed by atoms with Gasteiger partial charge in [0.25, 0.3) is 0 Å². The highest BCUT2D eigenvalue weighted by Crippen LogP contribution is 2.62. The summed E-state index contributed by atoms with van der Waals surface area (Å²) in [6.07, 6.45) is 4.51. The van der Waals surface area contributed by atoms with E-state index in [0.29, 0.717) is 29.5 Å². The van der Waals surface area contributed by atoms with Crippen LogP contribution in [-0.4, -0.2) is 20.4 Å². The predicted molar refractivity (Wildman–Crippen MR) is 107 cm³/mol. The summed E-state index contributed by atoms with van der Waals surface area (Å²) in [5, 5.41) is 2.84. The molecule has 0 saturated heterocycles. The van der Waals surface area contributed by atoms with Gasteiger partial charge in [0.05, 0.1) is 5.70 Å². The molecular weight excluding hydrogens is 393 g/mol. The molecule has 4 aliphatic carbocycles. The highest BCUT2D eigenvalue weighted by molar-refractivity contribution is 5.93. The quantitative estimate of drug-likeness (QED) is 0.739. The number of allylic oxidation sites excluding steroid dienone is 4. The number of fused-ring (bicyclic) bond motifs is 3. The Morgan fingerprint density at radius 2 is 2.03 bits per heavy atom. The van der Waals surface area contributed by atoms with Crippen molar-refractivity contribution in [3.05, 3.63) is 36.1 Å². The van der Waals surface area contributed by atoms with Crippen LogP contribution in [0.2, 0.25) is 0 Å². The average Bonchev–Trinajstić information content (AvgIpc) is 2.96. The minimum Gasteiger partial charge on any atom is -0.296 e. The number of carbonyl (C=O) groups is 1. The SMILES string of the molecule is CC1(C)[C@H]2CC[C@@H](CC(=O)Nc3nc4ccc(C(F)(F)F)nc4n3C3=CC=C3)[C@H]1C2. The van der Waals surface area contributed by atoms with Gasteiger partial charge in [-0.1, -0.05) is 19.9 Å². The standard InChI is InChI=1S/C22H23F3N4O/c1-21(2)13-7-6-12(15(21)11-13)10-18(30)28-20-26-16-8-9-17(22(23,24)25)27-19(16)29(20)14-4-3-5-14/h3-5,8-9,12-13,15H,6-7,10-11H2,1-2H3,(H,26,28,30)/t12-,13-,15+/m0/s1. The number of amides is 1. The lowest BCUT2D eigenvalue weighted by Crippen LogP contribution is -2.52.